The van der Waals surface area contributed by atoms with Crippen molar-refractivity contribution in [2.45, 2.75) is 6.92 Å². The number of hydrogen-bond donors (Lipinski definition) is 0. The van der Waals surface area contributed by atoms with Crippen molar-refractivity contribution < 1.29 is 14.5 Å². The lowest BCUT2D eigenvalue weighted by atomic mass is 10.4. The monoisotopic (exact) mass is 199 g/mol. The first-order valence-corrected chi connectivity index (χ1v) is 3.91. The van der Waals surface area contributed by atoms with Gasteiger partial charge in [0.25, 0.3) is 0 Å². The Morgan fingerprint density at radius 3 is 2.93 bits per heavy atom. The highest BCUT2D eigenvalue weighted by atomic mass is 16.6. The number of carbonyl (C=O) groups excluding carboxylic acids is 1. The van der Waals surface area contributed by atoms with Gasteiger partial charge in [-0.15, -0.1) is 0 Å². The molecule has 1 aromatic heterocycles. The van der Waals surface area contributed by atoms with E-state index in [0.29, 0.717) is 0 Å². The molecule has 0 saturated heterocycles. The Bertz CT molecular complexity index is 371. The van der Waals surface area contributed by atoms with Crippen molar-refractivity contribution in [2.75, 3.05) is 6.61 Å². The molecule has 1 aromatic rings. The number of hydrogen-bond acceptors (Lipinski definition) is 5. The van der Waals surface area contributed by atoms with Crippen LogP contribution in [0.15, 0.2) is 6.20 Å². The van der Waals surface area contributed by atoms with Crippen molar-refractivity contribution in [1.82, 2.24) is 9.78 Å². The average molecular weight is 199 g/mol. The van der Waals surface area contributed by atoms with E-state index in [-0.39, 0.29) is 18.0 Å². The molecule has 7 nitrogen and oxygen atoms in total. The van der Waals surface area contributed by atoms with E-state index in [1.54, 1.807) is 6.92 Å². The van der Waals surface area contributed by atoms with Gasteiger partial charge < -0.3 is 4.74 Å². The smallest absolute Gasteiger partial charge is 0.363 e. The lowest BCUT2D eigenvalue weighted by Crippen LogP contribution is -2.12. The molecule has 0 spiro atoms. The van der Waals surface area contributed by atoms with Gasteiger partial charge in [-0.25, -0.2) is 4.79 Å². The number of nitro groups is 1. The molecule has 0 fully saturated rings. The molecule has 0 aliphatic carbocycles. The minimum Gasteiger partial charge on any atom is -0.461 e. The van der Waals surface area contributed by atoms with Gasteiger partial charge in [-0.1, -0.05) is 0 Å². The van der Waals surface area contributed by atoms with Crippen molar-refractivity contribution in [1.29, 1.82) is 0 Å². The minimum absolute atomic E-state index is 0.142. The third-order valence-electron chi connectivity index (χ3n) is 1.58. The molecule has 0 bridgehead atoms. The summed E-state index contributed by atoms with van der Waals surface area (Å²) in [7, 11) is 1.44. The maximum absolute atomic E-state index is 11.3. The van der Waals surface area contributed by atoms with Gasteiger partial charge in [-0.2, -0.15) is 5.10 Å². The number of aromatic nitrogens is 2. The van der Waals surface area contributed by atoms with Crippen LogP contribution in [0.25, 0.3) is 0 Å². The van der Waals surface area contributed by atoms with E-state index in [4.69, 9.17) is 0 Å². The van der Waals surface area contributed by atoms with Crippen molar-refractivity contribution in [3.63, 3.8) is 0 Å². The van der Waals surface area contributed by atoms with Crippen molar-refractivity contribution in [2.24, 2.45) is 7.05 Å². The van der Waals surface area contributed by atoms with Gasteiger partial charge in [0.2, 0.25) is 5.69 Å². The van der Waals surface area contributed by atoms with Crippen molar-refractivity contribution in [3.8, 4) is 0 Å². The highest BCUT2D eigenvalue weighted by Crippen LogP contribution is 2.17. The number of nitrogens with zero attached hydrogens (tertiary/aromatic N) is 3. The third kappa shape index (κ3) is 1.70. The van der Waals surface area contributed by atoms with Gasteiger partial charge in [-0.05, 0) is 6.92 Å². The Hall–Kier alpha value is -1.92. The first-order chi connectivity index (χ1) is 6.57. The van der Waals surface area contributed by atoms with E-state index in [9.17, 15) is 14.9 Å². The van der Waals surface area contributed by atoms with Crippen LogP contribution < -0.4 is 0 Å². The van der Waals surface area contributed by atoms with Crippen LogP contribution in [0.3, 0.4) is 0 Å². The summed E-state index contributed by atoms with van der Waals surface area (Å²) >= 11 is 0. The van der Waals surface area contributed by atoms with Crippen molar-refractivity contribution >= 4 is 11.7 Å². The van der Waals surface area contributed by atoms with E-state index < -0.39 is 10.9 Å². The zero-order valence-electron chi connectivity index (χ0n) is 7.76. The van der Waals surface area contributed by atoms with Gasteiger partial charge in [-0.3, -0.25) is 14.8 Å². The van der Waals surface area contributed by atoms with Gasteiger partial charge in [0.1, 0.15) is 6.20 Å². The molecule has 0 amide bonds. The van der Waals surface area contributed by atoms with Gasteiger partial charge in [0.05, 0.1) is 11.5 Å². The topological polar surface area (TPSA) is 87.3 Å². The molecular weight excluding hydrogens is 190 g/mol. The first-order valence-electron chi connectivity index (χ1n) is 3.91. The highest BCUT2D eigenvalue weighted by Gasteiger charge is 2.26. The van der Waals surface area contributed by atoms with Crippen LogP contribution in [0.4, 0.5) is 5.69 Å². The zero-order valence-corrected chi connectivity index (χ0v) is 7.76. The van der Waals surface area contributed by atoms with Crippen LogP contribution in [-0.2, 0) is 11.8 Å². The SMILES string of the molecule is CCOC(=O)c1c([N+](=O)[O-])cnn1C. The summed E-state index contributed by atoms with van der Waals surface area (Å²) in [6.45, 7) is 1.79. The molecule has 0 saturated carbocycles. The molecule has 1 rings (SSSR count). The number of ether oxygens (including phenoxy) is 1. The van der Waals surface area contributed by atoms with Gasteiger partial charge >= 0.3 is 11.7 Å². The Labute approximate surface area is 79.4 Å². The molecule has 14 heavy (non-hydrogen) atoms. The second-order valence-electron chi connectivity index (χ2n) is 2.48. The summed E-state index contributed by atoms with van der Waals surface area (Å²) in [5, 5.41) is 14.1. The van der Waals surface area contributed by atoms with E-state index in [2.05, 4.69) is 9.84 Å². The number of aryl methyl sites for hydroxylation is 1. The second-order valence-corrected chi connectivity index (χ2v) is 2.48. The van der Waals surface area contributed by atoms with Gasteiger partial charge in [0.15, 0.2) is 0 Å². The van der Waals surface area contributed by atoms with Crippen LogP contribution >= 0.6 is 0 Å². The summed E-state index contributed by atoms with van der Waals surface area (Å²) < 4.78 is 5.77. The Morgan fingerprint density at radius 2 is 2.43 bits per heavy atom. The summed E-state index contributed by atoms with van der Waals surface area (Å²) in [5.41, 5.74) is -0.484. The Morgan fingerprint density at radius 1 is 1.79 bits per heavy atom. The van der Waals surface area contributed by atoms with Crippen LogP contribution in [0.1, 0.15) is 17.4 Å². The van der Waals surface area contributed by atoms with Crippen LogP contribution in [0.5, 0.6) is 0 Å². The highest BCUT2D eigenvalue weighted by molar-refractivity contribution is 5.91. The number of esters is 1. The molecule has 1 heterocycles. The third-order valence-corrected chi connectivity index (χ3v) is 1.58. The maximum Gasteiger partial charge on any atom is 0.363 e. The second kappa shape index (κ2) is 3.86. The van der Waals surface area contributed by atoms with Crippen molar-refractivity contribution in [3.05, 3.63) is 22.0 Å². The standard InChI is InChI=1S/C7H9N3O4/c1-3-14-7(11)6-5(10(12)13)4-8-9(6)2/h4H,3H2,1-2H3. The summed E-state index contributed by atoms with van der Waals surface area (Å²) in [5.74, 6) is -0.737. The first kappa shape index (κ1) is 10.2. The predicted molar refractivity (Wildman–Crippen MR) is 45.8 cm³/mol. The van der Waals surface area contributed by atoms with E-state index in [1.807, 2.05) is 0 Å². The maximum atomic E-state index is 11.3. The minimum atomic E-state index is -0.737. The molecule has 0 radical (unpaired) electrons. The predicted octanol–water partition coefficient (Wildman–Crippen LogP) is 0.505. The Balaban J connectivity index is 3.11. The molecule has 0 aliphatic rings. The Kier molecular flexibility index (Phi) is 2.80. The molecule has 0 aliphatic heterocycles. The molecule has 0 N–H and O–H groups in total. The molecule has 76 valence electrons. The molecule has 0 aromatic carbocycles. The van der Waals surface area contributed by atoms with E-state index in [0.717, 1.165) is 10.9 Å². The fraction of sp³-hybridized carbons (Fsp3) is 0.429. The normalized spacial score (nSPS) is 9.86. The fourth-order valence-corrected chi connectivity index (χ4v) is 0.996. The van der Waals surface area contributed by atoms with Crippen LogP contribution in [0, 0.1) is 10.1 Å². The number of rotatable bonds is 3. The zero-order chi connectivity index (χ0) is 10.7. The summed E-state index contributed by atoms with van der Waals surface area (Å²) in [6, 6.07) is 0. The summed E-state index contributed by atoms with van der Waals surface area (Å²) in [4.78, 5) is 21.1. The number of carbonyl (C=O) groups is 1. The van der Waals surface area contributed by atoms with Crippen LogP contribution in [0.2, 0.25) is 0 Å². The lowest BCUT2D eigenvalue weighted by molar-refractivity contribution is -0.385. The van der Waals surface area contributed by atoms with E-state index in [1.165, 1.54) is 7.05 Å². The average Bonchev–Trinajstić information content (AvgIpc) is 2.47. The molecule has 0 unspecified atom stereocenters. The van der Waals surface area contributed by atoms with E-state index >= 15 is 0 Å². The summed E-state index contributed by atoms with van der Waals surface area (Å²) in [6.07, 6.45) is 1.02. The fourth-order valence-electron chi connectivity index (χ4n) is 0.996. The molecule has 0 atom stereocenters. The lowest BCUT2D eigenvalue weighted by Gasteiger charge is -2.00. The van der Waals surface area contributed by atoms with Gasteiger partial charge in [0, 0.05) is 7.05 Å². The largest absolute Gasteiger partial charge is 0.461 e. The van der Waals surface area contributed by atoms with Crippen LogP contribution in [-0.4, -0.2) is 27.3 Å². The molecular formula is C7H9N3O4. The molecule has 7 heteroatoms. The quantitative estimate of drug-likeness (QED) is 0.402.